The number of carbonyl (C=O) groups is 2. The summed E-state index contributed by atoms with van der Waals surface area (Å²) in [7, 11) is 0. The molecule has 0 aliphatic carbocycles. The van der Waals surface area contributed by atoms with Crippen molar-refractivity contribution in [3.8, 4) is 10.6 Å². The molecule has 2 amide bonds. The van der Waals surface area contributed by atoms with Crippen molar-refractivity contribution in [1.29, 1.82) is 0 Å². The van der Waals surface area contributed by atoms with Crippen LogP contribution in [0, 0.1) is 19.7 Å². The highest BCUT2D eigenvalue weighted by Crippen LogP contribution is 2.28. The summed E-state index contributed by atoms with van der Waals surface area (Å²) in [6.07, 6.45) is 0.578. The smallest absolute Gasteiger partial charge is 0.313 e. The molecule has 1 aromatic heterocycles. The van der Waals surface area contributed by atoms with Gasteiger partial charge in [0.05, 0.1) is 5.69 Å². The molecule has 1 heterocycles. The predicted molar refractivity (Wildman–Crippen MR) is 109 cm³/mol. The fourth-order valence-electron chi connectivity index (χ4n) is 2.60. The Morgan fingerprint density at radius 2 is 1.82 bits per heavy atom. The van der Waals surface area contributed by atoms with Gasteiger partial charge in [-0.1, -0.05) is 35.9 Å². The fraction of sp³-hybridized carbons (Fsp3) is 0.190. The number of hydrogen-bond donors (Lipinski definition) is 2. The minimum absolute atomic E-state index is 0.237. The Bertz CT molecular complexity index is 999. The summed E-state index contributed by atoms with van der Waals surface area (Å²) in [5, 5.41) is 5.89. The third kappa shape index (κ3) is 5.01. The SMILES string of the molecule is Cc1ccc(-c2nc(C)c(CCNC(=O)C(=O)Nc3cccc(F)c3)s2)cc1. The van der Waals surface area contributed by atoms with Crippen LogP contribution < -0.4 is 10.6 Å². The molecule has 5 nitrogen and oxygen atoms in total. The van der Waals surface area contributed by atoms with Crippen LogP contribution in [-0.4, -0.2) is 23.3 Å². The number of aryl methyl sites for hydroxylation is 2. The van der Waals surface area contributed by atoms with E-state index < -0.39 is 17.6 Å². The van der Waals surface area contributed by atoms with Crippen LogP contribution in [0.5, 0.6) is 0 Å². The highest BCUT2D eigenvalue weighted by atomic mass is 32.1. The maximum atomic E-state index is 13.1. The Morgan fingerprint density at radius 3 is 2.54 bits per heavy atom. The van der Waals surface area contributed by atoms with E-state index in [4.69, 9.17) is 0 Å². The number of thiazole rings is 1. The highest BCUT2D eigenvalue weighted by molar-refractivity contribution is 7.15. The van der Waals surface area contributed by atoms with E-state index in [-0.39, 0.29) is 5.69 Å². The second kappa shape index (κ2) is 8.75. The average molecular weight is 397 g/mol. The second-order valence-electron chi connectivity index (χ2n) is 6.36. The zero-order valence-corrected chi connectivity index (χ0v) is 16.4. The van der Waals surface area contributed by atoms with E-state index >= 15 is 0 Å². The molecule has 144 valence electrons. The lowest BCUT2D eigenvalue weighted by molar-refractivity contribution is -0.136. The van der Waals surface area contributed by atoms with E-state index in [2.05, 4.69) is 15.6 Å². The second-order valence-corrected chi connectivity index (χ2v) is 7.45. The molecular formula is C21H20FN3O2S. The molecule has 0 aliphatic heterocycles. The molecule has 0 spiro atoms. The Hall–Kier alpha value is -3.06. The summed E-state index contributed by atoms with van der Waals surface area (Å²) in [6.45, 7) is 4.28. The maximum Gasteiger partial charge on any atom is 0.313 e. The van der Waals surface area contributed by atoms with Crippen molar-refractivity contribution >= 4 is 28.8 Å². The van der Waals surface area contributed by atoms with Gasteiger partial charge in [0.25, 0.3) is 0 Å². The van der Waals surface area contributed by atoms with Gasteiger partial charge in [0, 0.05) is 29.1 Å². The topological polar surface area (TPSA) is 71.1 Å². The first-order valence-corrected chi connectivity index (χ1v) is 9.62. The third-order valence-corrected chi connectivity index (χ3v) is 5.38. The normalized spacial score (nSPS) is 10.5. The quantitative estimate of drug-likeness (QED) is 0.642. The first-order chi connectivity index (χ1) is 13.4. The van der Waals surface area contributed by atoms with Crippen molar-refractivity contribution in [2.75, 3.05) is 11.9 Å². The van der Waals surface area contributed by atoms with E-state index in [1.807, 2.05) is 38.1 Å². The summed E-state index contributed by atoms with van der Waals surface area (Å²) >= 11 is 1.58. The number of amides is 2. The van der Waals surface area contributed by atoms with Gasteiger partial charge in [-0.05, 0) is 32.0 Å². The van der Waals surface area contributed by atoms with Gasteiger partial charge in [0.15, 0.2) is 0 Å². The van der Waals surface area contributed by atoms with Crippen LogP contribution in [-0.2, 0) is 16.0 Å². The Kier molecular flexibility index (Phi) is 6.16. The number of nitrogens with one attached hydrogen (secondary N) is 2. The minimum Gasteiger partial charge on any atom is -0.347 e. The van der Waals surface area contributed by atoms with Crippen molar-refractivity contribution < 1.29 is 14.0 Å². The van der Waals surface area contributed by atoms with E-state index in [1.165, 1.54) is 23.8 Å². The van der Waals surface area contributed by atoms with Crippen molar-refractivity contribution in [2.24, 2.45) is 0 Å². The molecule has 0 atom stereocenters. The number of carbonyl (C=O) groups excluding carboxylic acids is 2. The molecule has 0 fully saturated rings. The number of aromatic nitrogens is 1. The number of hydrogen-bond acceptors (Lipinski definition) is 4. The first-order valence-electron chi connectivity index (χ1n) is 8.80. The molecule has 3 aromatic rings. The lowest BCUT2D eigenvalue weighted by Crippen LogP contribution is -2.36. The van der Waals surface area contributed by atoms with Crippen molar-refractivity contribution in [3.05, 3.63) is 70.5 Å². The van der Waals surface area contributed by atoms with Gasteiger partial charge < -0.3 is 10.6 Å². The Labute approximate surface area is 166 Å². The molecule has 2 aromatic carbocycles. The lowest BCUT2D eigenvalue weighted by atomic mass is 10.2. The summed E-state index contributed by atoms with van der Waals surface area (Å²) in [6, 6.07) is 13.6. The molecule has 0 saturated heterocycles. The van der Waals surface area contributed by atoms with Crippen LogP contribution >= 0.6 is 11.3 Å². The monoisotopic (exact) mass is 397 g/mol. The van der Waals surface area contributed by atoms with Gasteiger partial charge in [0.2, 0.25) is 0 Å². The third-order valence-electron chi connectivity index (χ3n) is 4.12. The number of benzene rings is 2. The van der Waals surface area contributed by atoms with E-state index in [1.54, 1.807) is 11.3 Å². The van der Waals surface area contributed by atoms with Crippen molar-refractivity contribution in [3.63, 3.8) is 0 Å². The number of nitrogens with zero attached hydrogens (tertiary/aromatic N) is 1. The number of halogens is 1. The summed E-state index contributed by atoms with van der Waals surface area (Å²) in [5.74, 6) is -2.07. The molecule has 2 N–H and O–H groups in total. The van der Waals surface area contributed by atoms with Crippen LogP contribution in [0.4, 0.5) is 10.1 Å². The van der Waals surface area contributed by atoms with Crippen LogP contribution in [0.15, 0.2) is 48.5 Å². The number of rotatable bonds is 5. The molecule has 28 heavy (non-hydrogen) atoms. The van der Waals surface area contributed by atoms with Crippen LogP contribution in [0.25, 0.3) is 10.6 Å². The predicted octanol–water partition coefficient (Wildman–Crippen LogP) is 3.86. The lowest BCUT2D eigenvalue weighted by Gasteiger charge is -2.06. The molecule has 0 unspecified atom stereocenters. The fourth-order valence-corrected chi connectivity index (χ4v) is 3.67. The van der Waals surface area contributed by atoms with E-state index in [9.17, 15) is 14.0 Å². The van der Waals surface area contributed by atoms with E-state index in [0.717, 1.165) is 27.2 Å². The standard InChI is InChI=1S/C21H20FN3O2S/c1-13-6-8-15(9-7-13)21-24-14(2)18(28-21)10-11-23-19(26)20(27)25-17-5-3-4-16(22)12-17/h3-9,12H,10-11H2,1-2H3,(H,23,26)(H,25,27). The van der Waals surface area contributed by atoms with Crippen molar-refractivity contribution in [1.82, 2.24) is 10.3 Å². The zero-order valence-electron chi connectivity index (χ0n) is 15.6. The first kappa shape index (κ1) is 19.7. The number of anilines is 1. The largest absolute Gasteiger partial charge is 0.347 e. The van der Waals surface area contributed by atoms with Gasteiger partial charge in [-0.15, -0.1) is 11.3 Å². The Morgan fingerprint density at radius 1 is 1.07 bits per heavy atom. The van der Waals surface area contributed by atoms with Crippen molar-refractivity contribution in [2.45, 2.75) is 20.3 Å². The van der Waals surface area contributed by atoms with Gasteiger partial charge in [-0.25, -0.2) is 9.37 Å². The summed E-state index contributed by atoms with van der Waals surface area (Å²) < 4.78 is 13.1. The molecule has 7 heteroatoms. The highest BCUT2D eigenvalue weighted by Gasteiger charge is 2.15. The summed E-state index contributed by atoms with van der Waals surface area (Å²) in [5.41, 5.74) is 3.40. The Balaban J connectivity index is 1.53. The van der Waals surface area contributed by atoms with Crippen LogP contribution in [0.1, 0.15) is 16.1 Å². The van der Waals surface area contributed by atoms with Gasteiger partial charge in [0.1, 0.15) is 10.8 Å². The molecular weight excluding hydrogens is 377 g/mol. The minimum atomic E-state index is -0.827. The van der Waals surface area contributed by atoms with Gasteiger partial charge >= 0.3 is 11.8 Å². The molecule has 0 radical (unpaired) electrons. The van der Waals surface area contributed by atoms with E-state index in [0.29, 0.717) is 13.0 Å². The van der Waals surface area contributed by atoms with Crippen LogP contribution in [0.3, 0.4) is 0 Å². The average Bonchev–Trinajstić information content (AvgIpc) is 3.03. The molecule has 0 bridgehead atoms. The van der Waals surface area contributed by atoms with Crippen LogP contribution in [0.2, 0.25) is 0 Å². The summed E-state index contributed by atoms with van der Waals surface area (Å²) in [4.78, 5) is 29.5. The molecule has 0 saturated carbocycles. The van der Waals surface area contributed by atoms with Gasteiger partial charge in [-0.3, -0.25) is 9.59 Å². The maximum absolute atomic E-state index is 13.1. The zero-order chi connectivity index (χ0) is 20.1. The van der Waals surface area contributed by atoms with Gasteiger partial charge in [-0.2, -0.15) is 0 Å². The molecule has 0 aliphatic rings. The molecule has 3 rings (SSSR count).